The van der Waals surface area contributed by atoms with E-state index in [0.29, 0.717) is 61.6 Å². The van der Waals surface area contributed by atoms with Gasteiger partial charge in [-0.2, -0.15) is 0 Å². The second-order valence-corrected chi connectivity index (χ2v) is 7.11. The number of nitrogens with zero attached hydrogens (tertiary/aromatic N) is 3. The molecule has 1 amide bonds. The number of hydrogen-bond acceptors (Lipinski definition) is 5. The summed E-state index contributed by atoms with van der Waals surface area (Å²) in [7, 11) is 3.34. The van der Waals surface area contributed by atoms with Gasteiger partial charge in [-0.15, -0.1) is 24.0 Å². The fourth-order valence-electron chi connectivity index (χ4n) is 3.35. The Bertz CT molecular complexity index is 884. The number of halogens is 2. The molecule has 0 atom stereocenters. The van der Waals surface area contributed by atoms with Crippen molar-refractivity contribution >= 4 is 47.4 Å². The number of aliphatic imine (C=N–C) groups is 1. The Morgan fingerprint density at radius 3 is 2.55 bits per heavy atom. The van der Waals surface area contributed by atoms with Gasteiger partial charge in [-0.25, -0.2) is 0 Å². The first kappa shape index (κ1) is 25.1. The third-order valence-corrected chi connectivity index (χ3v) is 5.12. The predicted molar refractivity (Wildman–Crippen MR) is 131 cm³/mol. The van der Waals surface area contributed by atoms with E-state index in [-0.39, 0.29) is 29.9 Å². The van der Waals surface area contributed by atoms with Gasteiger partial charge >= 0.3 is 0 Å². The minimum absolute atomic E-state index is 0. The topological polar surface area (TPSA) is 79.5 Å². The fraction of sp³-hybridized carbons (Fsp3) is 0.429. The van der Waals surface area contributed by atoms with Gasteiger partial charge in [0.05, 0.1) is 25.0 Å². The molecule has 1 aromatic heterocycles. The van der Waals surface area contributed by atoms with Crippen LogP contribution in [-0.2, 0) is 6.54 Å². The summed E-state index contributed by atoms with van der Waals surface area (Å²) in [5.41, 5.74) is 0.952. The Kier molecular flexibility index (Phi) is 9.76. The van der Waals surface area contributed by atoms with Crippen LogP contribution in [-0.4, -0.2) is 68.6 Å². The lowest BCUT2D eigenvalue weighted by molar-refractivity contribution is 0.0657. The van der Waals surface area contributed by atoms with Crippen molar-refractivity contribution in [1.82, 2.24) is 15.1 Å². The minimum Gasteiger partial charge on any atom is -0.493 e. The summed E-state index contributed by atoms with van der Waals surface area (Å²) in [6, 6.07) is 7.16. The van der Waals surface area contributed by atoms with Crippen LogP contribution in [0.1, 0.15) is 23.0 Å². The molecule has 1 N–H and O–H groups in total. The molecule has 1 aromatic carbocycles. The Hall–Kier alpha value is -2.14. The number of carbonyl (C=O) groups excluding carboxylic acids is 1. The first-order valence-electron chi connectivity index (χ1n) is 9.85. The first-order chi connectivity index (χ1) is 14.6. The van der Waals surface area contributed by atoms with Gasteiger partial charge in [0.1, 0.15) is 0 Å². The van der Waals surface area contributed by atoms with Crippen LogP contribution in [0.25, 0.3) is 0 Å². The van der Waals surface area contributed by atoms with E-state index in [0.717, 1.165) is 11.5 Å². The molecular formula is C21H28ClIN4O4. The molecule has 10 heteroatoms. The maximum Gasteiger partial charge on any atom is 0.289 e. The minimum atomic E-state index is -0.0845. The highest BCUT2D eigenvalue weighted by Gasteiger charge is 2.25. The summed E-state index contributed by atoms with van der Waals surface area (Å²) in [4.78, 5) is 20.7. The Labute approximate surface area is 204 Å². The smallest absolute Gasteiger partial charge is 0.289 e. The molecule has 1 fully saturated rings. The van der Waals surface area contributed by atoms with E-state index in [1.54, 1.807) is 31.2 Å². The highest BCUT2D eigenvalue weighted by atomic mass is 127. The van der Waals surface area contributed by atoms with Crippen molar-refractivity contribution in [2.45, 2.75) is 13.5 Å². The number of guanidine groups is 1. The van der Waals surface area contributed by atoms with Gasteiger partial charge < -0.3 is 29.0 Å². The summed E-state index contributed by atoms with van der Waals surface area (Å²) in [6.07, 6.45) is 1.51. The number of rotatable bonds is 6. The molecule has 2 aromatic rings. The summed E-state index contributed by atoms with van der Waals surface area (Å²) in [5, 5.41) is 3.86. The van der Waals surface area contributed by atoms with Crippen LogP contribution >= 0.6 is 35.6 Å². The van der Waals surface area contributed by atoms with E-state index in [2.05, 4.69) is 15.2 Å². The van der Waals surface area contributed by atoms with Gasteiger partial charge in [0, 0.05) is 39.8 Å². The normalized spacial score (nSPS) is 14.1. The number of piperazine rings is 1. The van der Waals surface area contributed by atoms with Crippen molar-refractivity contribution in [2.75, 3.05) is 46.9 Å². The first-order valence-corrected chi connectivity index (χ1v) is 10.2. The average molecular weight is 563 g/mol. The van der Waals surface area contributed by atoms with E-state index in [4.69, 9.17) is 25.5 Å². The van der Waals surface area contributed by atoms with E-state index in [9.17, 15) is 4.79 Å². The molecule has 0 saturated carbocycles. The number of benzene rings is 1. The van der Waals surface area contributed by atoms with Crippen molar-refractivity contribution in [1.29, 1.82) is 0 Å². The second kappa shape index (κ2) is 12.0. The Morgan fingerprint density at radius 1 is 1.26 bits per heavy atom. The van der Waals surface area contributed by atoms with Crippen molar-refractivity contribution in [3.05, 3.63) is 46.9 Å². The molecule has 1 saturated heterocycles. The van der Waals surface area contributed by atoms with Gasteiger partial charge in [-0.1, -0.05) is 11.6 Å². The monoisotopic (exact) mass is 562 g/mol. The van der Waals surface area contributed by atoms with Gasteiger partial charge in [-0.05, 0) is 36.8 Å². The van der Waals surface area contributed by atoms with Gasteiger partial charge in [-0.3, -0.25) is 9.79 Å². The third-order valence-electron chi connectivity index (χ3n) is 4.84. The van der Waals surface area contributed by atoms with Crippen LogP contribution in [0.5, 0.6) is 11.5 Å². The number of ether oxygens (including phenoxy) is 2. The van der Waals surface area contributed by atoms with Crippen molar-refractivity contribution < 1.29 is 18.7 Å². The molecule has 1 aliphatic heterocycles. The molecule has 3 rings (SSSR count). The molecule has 0 aliphatic carbocycles. The van der Waals surface area contributed by atoms with Gasteiger partial charge in [0.25, 0.3) is 5.91 Å². The zero-order valence-corrected chi connectivity index (χ0v) is 21.0. The molecule has 31 heavy (non-hydrogen) atoms. The summed E-state index contributed by atoms with van der Waals surface area (Å²) in [6.45, 7) is 5.50. The van der Waals surface area contributed by atoms with Crippen LogP contribution in [0, 0.1) is 0 Å². The second-order valence-electron chi connectivity index (χ2n) is 6.70. The van der Waals surface area contributed by atoms with Crippen LogP contribution in [0.4, 0.5) is 0 Å². The molecular weight excluding hydrogens is 535 g/mol. The highest BCUT2D eigenvalue weighted by molar-refractivity contribution is 14.0. The number of nitrogens with one attached hydrogen (secondary N) is 1. The number of hydrogen-bond donors (Lipinski definition) is 1. The number of furan rings is 1. The standard InChI is InChI=1S/C21H27ClN4O4.HI/c1-4-29-19-16(22)12-15(13-18(19)28-3)14-24-21(23-2)26-9-7-25(8-10-26)20(27)17-6-5-11-30-17;/h5-6,11-13H,4,7-10,14H2,1-3H3,(H,23,24);1H. The zero-order chi connectivity index (χ0) is 21.5. The zero-order valence-electron chi connectivity index (χ0n) is 17.9. The van der Waals surface area contributed by atoms with Gasteiger partial charge in [0.2, 0.25) is 0 Å². The average Bonchev–Trinajstić information content (AvgIpc) is 3.30. The summed E-state index contributed by atoms with van der Waals surface area (Å²) >= 11 is 6.36. The summed E-state index contributed by atoms with van der Waals surface area (Å²) in [5.74, 6) is 2.20. The van der Waals surface area contributed by atoms with Crippen LogP contribution in [0.3, 0.4) is 0 Å². The molecule has 1 aliphatic rings. The van der Waals surface area contributed by atoms with Gasteiger partial charge in [0.15, 0.2) is 23.2 Å². The largest absolute Gasteiger partial charge is 0.493 e. The lowest BCUT2D eigenvalue weighted by atomic mass is 10.2. The fourth-order valence-corrected chi connectivity index (χ4v) is 3.64. The van der Waals surface area contributed by atoms with Crippen LogP contribution in [0.2, 0.25) is 5.02 Å². The van der Waals surface area contributed by atoms with Crippen molar-refractivity contribution in [3.63, 3.8) is 0 Å². The Balaban J connectivity index is 0.00000341. The highest BCUT2D eigenvalue weighted by Crippen LogP contribution is 2.36. The summed E-state index contributed by atoms with van der Waals surface area (Å²) < 4.78 is 16.2. The molecule has 0 spiro atoms. The SMILES string of the molecule is CCOc1c(Cl)cc(CNC(=NC)N2CCN(C(=O)c3ccco3)CC2)cc1OC.I. The van der Waals surface area contributed by atoms with E-state index >= 15 is 0 Å². The lowest BCUT2D eigenvalue weighted by Crippen LogP contribution is -2.53. The number of amides is 1. The molecule has 0 unspecified atom stereocenters. The predicted octanol–water partition coefficient (Wildman–Crippen LogP) is 3.49. The molecule has 8 nitrogen and oxygen atoms in total. The Morgan fingerprint density at radius 2 is 1.97 bits per heavy atom. The van der Waals surface area contributed by atoms with Crippen LogP contribution < -0.4 is 14.8 Å². The number of carbonyl (C=O) groups is 1. The quantitative estimate of drug-likeness (QED) is 0.330. The maximum atomic E-state index is 12.4. The molecule has 170 valence electrons. The molecule has 0 bridgehead atoms. The molecule has 0 radical (unpaired) electrons. The van der Waals surface area contributed by atoms with Crippen molar-refractivity contribution in [2.24, 2.45) is 4.99 Å². The lowest BCUT2D eigenvalue weighted by Gasteiger charge is -2.36. The van der Waals surface area contributed by atoms with E-state index < -0.39 is 0 Å². The van der Waals surface area contributed by atoms with E-state index in [1.165, 1.54) is 6.26 Å². The molecule has 2 heterocycles. The number of methoxy groups -OCH3 is 1. The van der Waals surface area contributed by atoms with Crippen molar-refractivity contribution in [3.8, 4) is 11.5 Å². The third kappa shape index (κ3) is 6.19. The maximum absolute atomic E-state index is 12.4. The van der Waals surface area contributed by atoms with Crippen LogP contribution in [0.15, 0.2) is 39.9 Å². The van der Waals surface area contributed by atoms with E-state index in [1.807, 2.05) is 19.1 Å².